The molecule has 7 heterocycles. The minimum Gasteiger partial charge on any atom is -0.353 e. The van der Waals surface area contributed by atoms with Crippen molar-refractivity contribution in [2.45, 2.75) is 45.1 Å². The van der Waals surface area contributed by atoms with Crippen LogP contribution in [0.3, 0.4) is 0 Å². The molecule has 3 fully saturated rings. The Morgan fingerprint density at radius 2 is 1.79 bits per heavy atom. The highest BCUT2D eigenvalue weighted by atomic mass is 19.4. The van der Waals surface area contributed by atoms with Crippen LogP contribution in [0, 0.1) is 13.8 Å². The SMILES string of the molecule is Cc1cc(Nc2cc(C)[nH]n2)nc(-c2ccc(N3CC4CC(C3)N4Cc3ccc(C(F)(F)F)cn3)nc2)n1. The molecule has 2 N–H and O–H groups in total. The van der Waals surface area contributed by atoms with Crippen LogP contribution >= 0.6 is 0 Å². The summed E-state index contributed by atoms with van der Waals surface area (Å²) in [6.45, 7) is 6.01. The molecule has 2 bridgehead atoms. The molecule has 3 aliphatic heterocycles. The number of rotatable bonds is 6. The Balaban J connectivity index is 1.10. The number of hydrogen-bond donors (Lipinski definition) is 2. The van der Waals surface area contributed by atoms with E-state index in [1.165, 1.54) is 6.07 Å². The fraction of sp³-hybridized carbons (Fsp3) is 0.346. The number of fused-ring (bicyclic) bond motifs is 2. The van der Waals surface area contributed by atoms with Crippen LogP contribution in [0.2, 0.25) is 0 Å². The highest BCUT2D eigenvalue weighted by Gasteiger charge is 2.45. The predicted molar refractivity (Wildman–Crippen MR) is 136 cm³/mol. The van der Waals surface area contributed by atoms with Gasteiger partial charge in [-0.1, -0.05) is 0 Å². The van der Waals surface area contributed by atoms with E-state index in [1.54, 1.807) is 6.20 Å². The van der Waals surface area contributed by atoms with E-state index >= 15 is 0 Å². The minimum atomic E-state index is -4.37. The first-order valence-corrected chi connectivity index (χ1v) is 12.4. The van der Waals surface area contributed by atoms with Gasteiger partial charge < -0.3 is 10.2 Å². The number of piperidine rings is 1. The van der Waals surface area contributed by atoms with Crippen molar-refractivity contribution in [1.82, 2.24) is 35.0 Å². The van der Waals surface area contributed by atoms with Crippen molar-refractivity contribution in [3.8, 4) is 11.4 Å². The van der Waals surface area contributed by atoms with Crippen LogP contribution in [0.25, 0.3) is 11.4 Å². The molecule has 2 atom stereocenters. The number of piperazine rings is 1. The Hall–Kier alpha value is -4.06. The van der Waals surface area contributed by atoms with Crippen LogP contribution in [0.15, 0.2) is 48.8 Å². The smallest absolute Gasteiger partial charge is 0.353 e. The number of alkyl halides is 3. The van der Waals surface area contributed by atoms with Gasteiger partial charge in [-0.3, -0.25) is 15.0 Å². The van der Waals surface area contributed by atoms with Crippen LogP contribution in [0.1, 0.15) is 29.1 Å². The van der Waals surface area contributed by atoms with Crippen molar-refractivity contribution in [2.24, 2.45) is 0 Å². The first-order valence-electron chi connectivity index (χ1n) is 12.4. The van der Waals surface area contributed by atoms with Gasteiger partial charge in [0.1, 0.15) is 11.6 Å². The number of aromatic nitrogens is 6. The van der Waals surface area contributed by atoms with Gasteiger partial charge in [0.2, 0.25) is 0 Å². The molecule has 0 spiro atoms. The predicted octanol–water partition coefficient (Wildman–Crippen LogP) is 4.50. The summed E-state index contributed by atoms with van der Waals surface area (Å²) in [4.78, 5) is 22.5. The Labute approximate surface area is 217 Å². The number of pyridine rings is 2. The molecule has 2 unspecified atom stereocenters. The minimum absolute atomic E-state index is 0.318. The van der Waals surface area contributed by atoms with Crippen molar-refractivity contribution in [1.29, 1.82) is 0 Å². The second-order valence-electron chi connectivity index (χ2n) is 9.84. The number of nitrogens with one attached hydrogen (secondary N) is 2. The highest BCUT2D eigenvalue weighted by molar-refractivity contribution is 5.61. The zero-order chi connectivity index (χ0) is 26.4. The Morgan fingerprint density at radius 3 is 2.42 bits per heavy atom. The molecule has 196 valence electrons. The summed E-state index contributed by atoms with van der Waals surface area (Å²) in [6, 6.07) is 10.9. The molecule has 0 aliphatic carbocycles. The molecule has 3 saturated heterocycles. The van der Waals surface area contributed by atoms with Gasteiger partial charge in [-0.15, -0.1) is 0 Å². The maximum Gasteiger partial charge on any atom is 0.417 e. The molecule has 0 saturated carbocycles. The van der Waals surface area contributed by atoms with Gasteiger partial charge >= 0.3 is 6.18 Å². The number of H-pyrrole nitrogens is 1. The second-order valence-corrected chi connectivity index (χ2v) is 9.84. The molecule has 0 aromatic carbocycles. The topological polar surface area (TPSA) is 98.8 Å². The molecule has 12 heteroatoms. The number of aromatic amines is 1. The largest absolute Gasteiger partial charge is 0.417 e. The fourth-order valence-corrected chi connectivity index (χ4v) is 5.09. The standard InChI is InChI=1S/C26H26F3N9/c1-15-7-22(33-23-8-16(2)35-36-23)34-25(32-15)17-3-6-24(31-10-17)37-13-20-9-21(14-37)38(20)12-19-5-4-18(11-30-19)26(27,28)29/h3-8,10-11,20-21H,9,12-14H2,1-2H3,(H2,32,33,34,35,36). The number of halogens is 3. The zero-order valence-corrected chi connectivity index (χ0v) is 20.9. The van der Waals surface area contributed by atoms with Gasteiger partial charge in [-0.25, -0.2) is 15.0 Å². The first-order chi connectivity index (χ1) is 18.2. The zero-order valence-electron chi connectivity index (χ0n) is 20.9. The molecular formula is C26H26F3N9. The van der Waals surface area contributed by atoms with Gasteiger partial charge in [0.15, 0.2) is 11.6 Å². The van der Waals surface area contributed by atoms with Crippen LogP contribution in [0.5, 0.6) is 0 Å². The average molecular weight is 522 g/mol. The summed E-state index contributed by atoms with van der Waals surface area (Å²) in [7, 11) is 0. The molecule has 0 radical (unpaired) electrons. The summed E-state index contributed by atoms with van der Waals surface area (Å²) in [5.74, 6) is 2.80. The number of nitrogens with zero attached hydrogens (tertiary/aromatic N) is 7. The van der Waals surface area contributed by atoms with Crippen LogP contribution in [-0.2, 0) is 12.7 Å². The molecular weight excluding hydrogens is 495 g/mol. The number of anilines is 3. The van der Waals surface area contributed by atoms with Crippen molar-refractivity contribution >= 4 is 17.5 Å². The summed E-state index contributed by atoms with van der Waals surface area (Å²) in [6.07, 6.45) is -0.599. The van der Waals surface area contributed by atoms with Gasteiger partial charge in [0, 0.05) is 73.2 Å². The van der Waals surface area contributed by atoms with Gasteiger partial charge in [0.25, 0.3) is 0 Å². The van der Waals surface area contributed by atoms with E-state index in [9.17, 15) is 13.2 Å². The third-order valence-electron chi connectivity index (χ3n) is 6.99. The Kier molecular flexibility index (Phi) is 5.98. The summed E-state index contributed by atoms with van der Waals surface area (Å²) in [5, 5.41) is 10.3. The summed E-state index contributed by atoms with van der Waals surface area (Å²) >= 11 is 0. The maximum atomic E-state index is 12.8. The van der Waals surface area contributed by atoms with Crippen molar-refractivity contribution in [2.75, 3.05) is 23.3 Å². The number of hydrogen-bond acceptors (Lipinski definition) is 8. The lowest BCUT2D eigenvalue weighted by Crippen LogP contribution is -2.68. The lowest BCUT2D eigenvalue weighted by molar-refractivity contribution is -0.137. The van der Waals surface area contributed by atoms with E-state index in [2.05, 4.69) is 40.3 Å². The van der Waals surface area contributed by atoms with Gasteiger partial charge in [-0.2, -0.15) is 18.3 Å². The van der Waals surface area contributed by atoms with Crippen molar-refractivity contribution < 1.29 is 13.2 Å². The van der Waals surface area contributed by atoms with E-state index in [4.69, 9.17) is 4.98 Å². The molecule has 3 aliphatic rings. The monoisotopic (exact) mass is 521 g/mol. The van der Waals surface area contributed by atoms with Crippen molar-refractivity contribution in [3.05, 3.63) is 71.4 Å². The average Bonchev–Trinajstić information content (AvgIpc) is 3.31. The van der Waals surface area contributed by atoms with E-state index < -0.39 is 11.7 Å². The Bertz CT molecular complexity index is 1420. The third kappa shape index (κ3) is 4.91. The Morgan fingerprint density at radius 1 is 0.974 bits per heavy atom. The van der Waals surface area contributed by atoms with E-state index in [-0.39, 0.29) is 0 Å². The van der Waals surface area contributed by atoms with Crippen LogP contribution in [0.4, 0.5) is 30.6 Å². The normalized spacial score (nSPS) is 19.3. The number of aryl methyl sites for hydroxylation is 2. The first kappa shape index (κ1) is 24.3. The highest BCUT2D eigenvalue weighted by Crippen LogP contribution is 2.36. The van der Waals surface area contributed by atoms with Crippen LogP contribution in [-0.4, -0.2) is 60.2 Å². The quantitative estimate of drug-likeness (QED) is 0.383. The van der Waals surface area contributed by atoms with Gasteiger partial charge in [-0.05, 0) is 44.5 Å². The fourth-order valence-electron chi connectivity index (χ4n) is 5.09. The third-order valence-corrected chi connectivity index (χ3v) is 6.99. The summed E-state index contributed by atoms with van der Waals surface area (Å²) < 4.78 is 38.4. The van der Waals surface area contributed by atoms with E-state index in [1.807, 2.05) is 38.1 Å². The summed E-state index contributed by atoms with van der Waals surface area (Å²) in [5.41, 5.74) is 2.52. The van der Waals surface area contributed by atoms with E-state index in [0.29, 0.717) is 41.8 Å². The molecule has 9 nitrogen and oxygen atoms in total. The lowest BCUT2D eigenvalue weighted by Gasteiger charge is -2.56. The molecule has 0 amide bonds. The van der Waals surface area contributed by atoms with Gasteiger partial charge in [0.05, 0.1) is 11.3 Å². The molecule has 38 heavy (non-hydrogen) atoms. The molecule has 7 rings (SSSR count). The molecule has 4 aromatic heterocycles. The van der Waals surface area contributed by atoms with Crippen LogP contribution < -0.4 is 10.2 Å². The molecule has 4 aromatic rings. The lowest BCUT2D eigenvalue weighted by atomic mass is 9.87. The maximum absolute atomic E-state index is 12.8. The van der Waals surface area contributed by atoms with Crippen molar-refractivity contribution in [3.63, 3.8) is 0 Å². The second kappa shape index (κ2) is 9.35. The van der Waals surface area contributed by atoms with E-state index in [0.717, 1.165) is 54.5 Å².